The summed E-state index contributed by atoms with van der Waals surface area (Å²) in [6, 6.07) is 0. The van der Waals surface area contributed by atoms with E-state index in [1.807, 2.05) is 0 Å². The quantitative estimate of drug-likeness (QED) is 0.564. The maximum absolute atomic E-state index is 2.56. The van der Waals surface area contributed by atoms with Crippen LogP contribution in [0.2, 0.25) is 0 Å². The van der Waals surface area contributed by atoms with Gasteiger partial charge in [-0.2, -0.15) is 5.01 Å². The van der Waals surface area contributed by atoms with Crippen LogP contribution >= 0.6 is 0 Å². The second-order valence-electron chi connectivity index (χ2n) is 3.78. The molecule has 0 aliphatic carbocycles. The van der Waals surface area contributed by atoms with Crippen LogP contribution in [0.25, 0.3) is 0 Å². The third-order valence-electron chi connectivity index (χ3n) is 2.61. The normalized spacial score (nSPS) is 13.6. The van der Waals surface area contributed by atoms with Gasteiger partial charge in [-0.1, -0.05) is 26.7 Å². The molecule has 0 aromatic carbocycles. The first-order chi connectivity index (χ1) is 6.26. The van der Waals surface area contributed by atoms with E-state index in [1.165, 1.54) is 45.3 Å². The van der Waals surface area contributed by atoms with E-state index in [4.69, 9.17) is 0 Å². The molecule has 0 aromatic rings. The van der Waals surface area contributed by atoms with E-state index in [-0.39, 0.29) is 0 Å². The van der Waals surface area contributed by atoms with Crippen molar-refractivity contribution < 1.29 is 5.01 Å². The van der Waals surface area contributed by atoms with E-state index < -0.39 is 0 Å². The van der Waals surface area contributed by atoms with E-state index in [0.717, 1.165) is 0 Å². The molecule has 0 bridgehead atoms. The molecule has 80 valence electrons. The Morgan fingerprint density at radius 3 is 1.69 bits per heavy atom. The van der Waals surface area contributed by atoms with Crippen molar-refractivity contribution >= 4 is 0 Å². The predicted octanol–water partition coefficient (Wildman–Crippen LogP) is 1.34. The standard InChI is InChI=1S/C11H26N2/c1-5-8-10-13(11-9-6-2)12(4)7-3/h5-11H2,1-4H3/p+1. The van der Waals surface area contributed by atoms with Crippen LogP contribution in [-0.2, 0) is 0 Å². The van der Waals surface area contributed by atoms with Gasteiger partial charge in [-0.25, -0.2) is 0 Å². The highest BCUT2D eigenvalue weighted by Gasteiger charge is 2.10. The predicted molar refractivity (Wildman–Crippen MR) is 58.8 cm³/mol. The van der Waals surface area contributed by atoms with Crippen molar-refractivity contribution in [2.75, 3.05) is 26.7 Å². The van der Waals surface area contributed by atoms with Crippen molar-refractivity contribution in [3.8, 4) is 0 Å². The first-order valence-electron chi connectivity index (χ1n) is 5.83. The summed E-state index contributed by atoms with van der Waals surface area (Å²) >= 11 is 0. The van der Waals surface area contributed by atoms with Crippen LogP contribution in [0.15, 0.2) is 0 Å². The van der Waals surface area contributed by atoms with Gasteiger partial charge in [-0.15, -0.1) is 0 Å². The Hall–Kier alpha value is -0.0800. The van der Waals surface area contributed by atoms with Crippen molar-refractivity contribution in [1.29, 1.82) is 0 Å². The molecule has 0 rings (SSSR count). The Labute approximate surface area is 83.9 Å². The molecular weight excluding hydrogens is 160 g/mol. The van der Waals surface area contributed by atoms with Crippen LogP contribution in [0.5, 0.6) is 0 Å². The zero-order chi connectivity index (χ0) is 10.1. The summed E-state index contributed by atoms with van der Waals surface area (Å²) in [5, 5.41) is 4.12. The highest BCUT2D eigenvalue weighted by atomic mass is 15.6. The number of hydrogen-bond donors (Lipinski definition) is 1. The van der Waals surface area contributed by atoms with Crippen LogP contribution < -0.4 is 5.01 Å². The summed E-state index contributed by atoms with van der Waals surface area (Å²) in [6.45, 7) is 10.5. The van der Waals surface area contributed by atoms with Crippen LogP contribution in [0.4, 0.5) is 0 Å². The zero-order valence-electron chi connectivity index (χ0n) is 9.90. The number of hydrogen-bond acceptors (Lipinski definition) is 1. The molecule has 0 saturated heterocycles. The van der Waals surface area contributed by atoms with E-state index in [9.17, 15) is 0 Å². The Balaban J connectivity index is 3.72. The van der Waals surface area contributed by atoms with Gasteiger partial charge in [-0.3, -0.25) is 5.01 Å². The van der Waals surface area contributed by atoms with Gasteiger partial charge in [0.25, 0.3) is 0 Å². The van der Waals surface area contributed by atoms with Crippen LogP contribution in [0, 0.1) is 0 Å². The Bertz CT molecular complexity index is 96.3. The van der Waals surface area contributed by atoms with E-state index in [2.05, 4.69) is 32.8 Å². The zero-order valence-corrected chi connectivity index (χ0v) is 9.90. The Morgan fingerprint density at radius 1 is 0.923 bits per heavy atom. The van der Waals surface area contributed by atoms with Gasteiger partial charge < -0.3 is 0 Å². The molecule has 0 spiro atoms. The Morgan fingerprint density at radius 2 is 1.38 bits per heavy atom. The fourth-order valence-corrected chi connectivity index (χ4v) is 1.42. The maximum Gasteiger partial charge on any atom is 0.0917 e. The molecule has 0 fully saturated rings. The highest BCUT2D eigenvalue weighted by Crippen LogP contribution is 1.93. The molecule has 0 saturated carbocycles. The minimum absolute atomic E-state index is 1.20. The molecule has 0 radical (unpaired) electrons. The number of nitrogens with one attached hydrogen (secondary N) is 1. The monoisotopic (exact) mass is 187 g/mol. The molecule has 0 aliphatic heterocycles. The number of quaternary nitrogens is 1. The molecule has 0 aromatic heterocycles. The summed E-state index contributed by atoms with van der Waals surface area (Å²) in [5.74, 6) is 0. The first-order valence-corrected chi connectivity index (χ1v) is 5.83. The van der Waals surface area contributed by atoms with Gasteiger partial charge >= 0.3 is 0 Å². The maximum atomic E-state index is 2.56. The van der Waals surface area contributed by atoms with Crippen LogP contribution in [-0.4, -0.2) is 31.7 Å². The first kappa shape index (κ1) is 12.9. The van der Waals surface area contributed by atoms with E-state index >= 15 is 0 Å². The van der Waals surface area contributed by atoms with Gasteiger partial charge in [0.15, 0.2) is 0 Å². The minimum atomic E-state index is 1.20. The second-order valence-corrected chi connectivity index (χ2v) is 3.78. The SMILES string of the molecule is CCCCN(CCCC)[NH+](C)CC. The average molecular weight is 187 g/mol. The fraction of sp³-hybridized carbons (Fsp3) is 1.00. The lowest BCUT2D eigenvalue weighted by Gasteiger charge is -2.27. The molecule has 2 heteroatoms. The number of nitrogens with zero attached hydrogens (tertiary/aromatic N) is 1. The molecule has 2 nitrogen and oxygen atoms in total. The van der Waals surface area contributed by atoms with Crippen molar-refractivity contribution in [3.05, 3.63) is 0 Å². The van der Waals surface area contributed by atoms with Crippen molar-refractivity contribution in [2.24, 2.45) is 0 Å². The fourth-order valence-electron chi connectivity index (χ4n) is 1.42. The lowest BCUT2D eigenvalue weighted by atomic mass is 10.3. The third kappa shape index (κ3) is 6.05. The topological polar surface area (TPSA) is 7.68 Å². The molecule has 1 atom stereocenters. The van der Waals surface area contributed by atoms with Crippen molar-refractivity contribution in [2.45, 2.75) is 46.5 Å². The molecule has 1 unspecified atom stereocenters. The average Bonchev–Trinajstić information content (AvgIpc) is 2.17. The second kappa shape index (κ2) is 8.52. The van der Waals surface area contributed by atoms with E-state index in [0.29, 0.717) is 0 Å². The van der Waals surface area contributed by atoms with Crippen LogP contribution in [0.3, 0.4) is 0 Å². The lowest BCUT2D eigenvalue weighted by Crippen LogP contribution is -3.15. The molecule has 0 aliphatic rings. The highest BCUT2D eigenvalue weighted by molar-refractivity contribution is 4.45. The van der Waals surface area contributed by atoms with Gasteiger partial charge in [-0.05, 0) is 19.8 Å². The van der Waals surface area contributed by atoms with Gasteiger partial charge in [0.2, 0.25) is 0 Å². The number of rotatable bonds is 8. The smallest absolute Gasteiger partial charge is 0.0917 e. The molecule has 0 heterocycles. The van der Waals surface area contributed by atoms with Crippen molar-refractivity contribution in [3.63, 3.8) is 0 Å². The van der Waals surface area contributed by atoms with Crippen LogP contribution in [0.1, 0.15) is 46.5 Å². The van der Waals surface area contributed by atoms with Gasteiger partial charge in [0.1, 0.15) is 0 Å². The third-order valence-corrected chi connectivity index (χ3v) is 2.61. The summed E-state index contributed by atoms with van der Waals surface area (Å²) in [5.41, 5.74) is 0. The van der Waals surface area contributed by atoms with E-state index in [1.54, 1.807) is 5.01 Å². The number of unbranched alkanes of at least 4 members (excludes halogenated alkanes) is 2. The largest absolute Gasteiger partial charge is 0.257 e. The molecule has 13 heavy (non-hydrogen) atoms. The molecular formula is C11H27N2+. The van der Waals surface area contributed by atoms with Gasteiger partial charge in [0, 0.05) is 13.1 Å². The summed E-state index contributed by atoms with van der Waals surface area (Å²) in [4.78, 5) is 0. The molecule has 0 amide bonds. The Kier molecular flexibility index (Phi) is 8.46. The summed E-state index contributed by atoms with van der Waals surface area (Å²) in [6.07, 6.45) is 5.28. The van der Waals surface area contributed by atoms with Crippen molar-refractivity contribution in [1.82, 2.24) is 5.01 Å². The molecule has 1 N–H and O–H groups in total. The minimum Gasteiger partial charge on any atom is -0.257 e. The summed E-state index contributed by atoms with van der Waals surface area (Å²) < 4.78 is 0. The summed E-state index contributed by atoms with van der Waals surface area (Å²) in [7, 11) is 2.27. The van der Waals surface area contributed by atoms with Gasteiger partial charge in [0.05, 0.1) is 13.6 Å². The lowest BCUT2D eigenvalue weighted by molar-refractivity contribution is -0.998.